The van der Waals surface area contributed by atoms with Crippen molar-refractivity contribution in [3.05, 3.63) is 28.8 Å². The highest BCUT2D eigenvalue weighted by atomic mass is 35.5. The van der Waals surface area contributed by atoms with Crippen molar-refractivity contribution in [3.63, 3.8) is 0 Å². The number of halogens is 1. The third kappa shape index (κ3) is 3.92. The Hall–Kier alpha value is -0.850. The first-order chi connectivity index (χ1) is 13.8. The molecule has 1 saturated carbocycles. The second-order valence-electron chi connectivity index (χ2n) is 8.87. The maximum absolute atomic E-state index is 6.71. The Bertz CT molecular complexity index is 679. The zero-order valence-corrected chi connectivity index (χ0v) is 17.1. The van der Waals surface area contributed by atoms with Crippen molar-refractivity contribution in [2.75, 3.05) is 59.3 Å². The summed E-state index contributed by atoms with van der Waals surface area (Å²) in [5.41, 5.74) is 1.16. The Morgan fingerprint density at radius 3 is 2.68 bits per heavy atom. The molecule has 0 spiro atoms. The van der Waals surface area contributed by atoms with Gasteiger partial charge in [-0.15, -0.1) is 0 Å². The Labute approximate surface area is 172 Å². The lowest BCUT2D eigenvalue weighted by atomic mass is 9.91. The molecule has 4 aliphatic rings. The van der Waals surface area contributed by atoms with Gasteiger partial charge in [0.2, 0.25) is 0 Å². The summed E-state index contributed by atoms with van der Waals surface area (Å²) in [6.07, 6.45) is 1.34. The number of hydrogen-bond donors (Lipinski definition) is 0. The number of nitrogens with zero attached hydrogens (tertiary/aromatic N) is 1. The Morgan fingerprint density at radius 1 is 0.964 bits per heavy atom. The van der Waals surface area contributed by atoms with E-state index in [0.29, 0.717) is 33.0 Å². The average Bonchev–Trinajstić information content (AvgIpc) is 3.30. The van der Waals surface area contributed by atoms with Gasteiger partial charge in [0, 0.05) is 32.2 Å². The highest BCUT2D eigenvalue weighted by molar-refractivity contribution is 6.32. The molecule has 0 N–H and O–H groups in total. The van der Waals surface area contributed by atoms with Crippen molar-refractivity contribution in [3.8, 4) is 5.75 Å². The van der Waals surface area contributed by atoms with Crippen LogP contribution in [0.2, 0.25) is 5.02 Å². The van der Waals surface area contributed by atoms with Crippen LogP contribution in [-0.4, -0.2) is 64.2 Å². The Morgan fingerprint density at radius 2 is 1.82 bits per heavy atom. The SMILES string of the molecule is Clc1c(CN2C[C@@H]3C[C@@H]4COC[C@@H]4[C@@H]3C2)cccc1OCC1COCCOC1. The van der Waals surface area contributed by atoms with Gasteiger partial charge in [-0.05, 0) is 41.7 Å². The molecule has 3 saturated heterocycles. The minimum Gasteiger partial charge on any atom is -0.492 e. The second kappa shape index (κ2) is 8.49. The third-order valence-corrected chi connectivity index (χ3v) is 7.39. The van der Waals surface area contributed by atoms with Gasteiger partial charge in [0.1, 0.15) is 5.75 Å². The topological polar surface area (TPSA) is 40.2 Å². The van der Waals surface area contributed by atoms with Crippen LogP contribution in [0.5, 0.6) is 5.75 Å². The van der Waals surface area contributed by atoms with Gasteiger partial charge in [0.15, 0.2) is 0 Å². The first kappa shape index (κ1) is 19.1. The van der Waals surface area contributed by atoms with Gasteiger partial charge in [0.05, 0.1) is 44.7 Å². The van der Waals surface area contributed by atoms with E-state index in [1.165, 1.54) is 19.5 Å². The second-order valence-corrected chi connectivity index (χ2v) is 9.25. The lowest BCUT2D eigenvalue weighted by molar-refractivity contribution is 0.101. The number of hydrogen-bond acceptors (Lipinski definition) is 5. The van der Waals surface area contributed by atoms with Gasteiger partial charge in [-0.3, -0.25) is 4.90 Å². The fraction of sp³-hybridized carbons (Fsp3) is 0.727. The van der Waals surface area contributed by atoms with Gasteiger partial charge in [-0.25, -0.2) is 0 Å². The fourth-order valence-electron chi connectivity index (χ4n) is 5.57. The van der Waals surface area contributed by atoms with E-state index in [2.05, 4.69) is 11.0 Å². The molecule has 4 fully saturated rings. The van der Waals surface area contributed by atoms with Crippen LogP contribution in [0.15, 0.2) is 18.2 Å². The molecular weight excluding hydrogens is 378 g/mol. The summed E-state index contributed by atoms with van der Waals surface area (Å²) < 4.78 is 22.9. The van der Waals surface area contributed by atoms with E-state index < -0.39 is 0 Å². The van der Waals surface area contributed by atoms with Crippen molar-refractivity contribution >= 4 is 11.6 Å². The molecule has 0 amide bonds. The molecule has 1 aromatic rings. The first-order valence-electron chi connectivity index (χ1n) is 10.6. The lowest BCUT2D eigenvalue weighted by Gasteiger charge is -2.21. The van der Waals surface area contributed by atoms with E-state index in [9.17, 15) is 0 Å². The van der Waals surface area contributed by atoms with Gasteiger partial charge in [-0.1, -0.05) is 23.7 Å². The van der Waals surface area contributed by atoms with Crippen LogP contribution in [0.4, 0.5) is 0 Å². The summed E-state index contributed by atoms with van der Waals surface area (Å²) in [7, 11) is 0. The van der Waals surface area contributed by atoms with E-state index in [1.807, 2.05) is 12.1 Å². The van der Waals surface area contributed by atoms with Gasteiger partial charge in [0.25, 0.3) is 0 Å². The highest BCUT2D eigenvalue weighted by Crippen LogP contribution is 2.49. The lowest BCUT2D eigenvalue weighted by Crippen LogP contribution is -2.25. The average molecular weight is 408 g/mol. The molecule has 0 aromatic heterocycles. The van der Waals surface area contributed by atoms with Crippen LogP contribution < -0.4 is 4.74 Å². The largest absolute Gasteiger partial charge is 0.492 e. The summed E-state index contributed by atoms with van der Waals surface area (Å²) in [5.74, 6) is 4.26. The predicted octanol–water partition coefficient (Wildman–Crippen LogP) is 3.10. The molecule has 5 nitrogen and oxygen atoms in total. The minimum absolute atomic E-state index is 0.252. The summed E-state index contributed by atoms with van der Waals surface area (Å²) in [5, 5.41) is 0.747. The van der Waals surface area contributed by atoms with Gasteiger partial charge in [-0.2, -0.15) is 0 Å². The Balaban J connectivity index is 1.19. The van der Waals surface area contributed by atoms with E-state index in [1.54, 1.807) is 0 Å². The van der Waals surface area contributed by atoms with Crippen LogP contribution in [0.3, 0.4) is 0 Å². The standard InChI is InChI=1S/C22H30ClNO4/c23-22-16(2-1-3-21(22)28-12-15-10-25-4-5-26-11-15)7-24-8-17-6-18-13-27-14-20(18)19(17)9-24/h1-3,15,17-20H,4-14H2/t17-,18+,19+,20-/m0/s1. The number of likely N-dealkylation sites (tertiary alicyclic amines) is 1. The van der Waals surface area contributed by atoms with Crippen LogP contribution in [0.25, 0.3) is 0 Å². The van der Waals surface area contributed by atoms with E-state index in [-0.39, 0.29) is 5.92 Å². The molecule has 3 aliphatic heterocycles. The quantitative estimate of drug-likeness (QED) is 0.750. The third-order valence-electron chi connectivity index (χ3n) is 6.96. The van der Waals surface area contributed by atoms with Crippen LogP contribution in [0, 0.1) is 29.6 Å². The van der Waals surface area contributed by atoms with Crippen LogP contribution in [-0.2, 0) is 20.8 Å². The van der Waals surface area contributed by atoms with Crippen LogP contribution >= 0.6 is 11.6 Å². The zero-order valence-electron chi connectivity index (χ0n) is 16.4. The summed E-state index contributed by atoms with van der Waals surface area (Å²) >= 11 is 6.71. The molecule has 1 aliphatic carbocycles. The molecule has 0 radical (unpaired) electrons. The smallest absolute Gasteiger partial charge is 0.138 e. The number of ether oxygens (including phenoxy) is 4. The first-order valence-corrected chi connectivity index (χ1v) is 11.0. The van der Waals surface area contributed by atoms with Crippen molar-refractivity contribution in [1.82, 2.24) is 4.90 Å². The maximum atomic E-state index is 6.71. The highest BCUT2D eigenvalue weighted by Gasteiger charge is 2.49. The van der Waals surface area contributed by atoms with Gasteiger partial charge < -0.3 is 18.9 Å². The molecule has 6 heteroatoms. The molecule has 154 valence electrons. The summed E-state index contributed by atoms with van der Waals surface area (Å²) in [6, 6.07) is 6.14. The van der Waals surface area contributed by atoms with Gasteiger partial charge >= 0.3 is 0 Å². The monoisotopic (exact) mass is 407 g/mol. The molecule has 0 bridgehead atoms. The summed E-state index contributed by atoms with van der Waals surface area (Å²) in [4.78, 5) is 2.57. The molecule has 5 rings (SSSR count). The summed E-state index contributed by atoms with van der Waals surface area (Å²) in [6.45, 7) is 8.48. The minimum atomic E-state index is 0.252. The van der Waals surface area contributed by atoms with Crippen molar-refractivity contribution in [2.45, 2.75) is 13.0 Å². The van der Waals surface area contributed by atoms with Crippen LogP contribution in [0.1, 0.15) is 12.0 Å². The van der Waals surface area contributed by atoms with Crippen molar-refractivity contribution in [2.24, 2.45) is 29.6 Å². The van der Waals surface area contributed by atoms with E-state index in [0.717, 1.165) is 59.8 Å². The molecular formula is C22H30ClNO4. The van der Waals surface area contributed by atoms with E-state index in [4.69, 9.17) is 30.5 Å². The normalized spacial score (nSPS) is 33.6. The fourth-order valence-corrected chi connectivity index (χ4v) is 5.81. The molecule has 28 heavy (non-hydrogen) atoms. The number of rotatable bonds is 5. The zero-order chi connectivity index (χ0) is 18.9. The molecule has 4 atom stereocenters. The number of benzene rings is 1. The molecule has 1 aromatic carbocycles. The maximum Gasteiger partial charge on any atom is 0.138 e. The number of fused-ring (bicyclic) bond motifs is 3. The van der Waals surface area contributed by atoms with Crippen molar-refractivity contribution < 1.29 is 18.9 Å². The molecule has 3 heterocycles. The van der Waals surface area contributed by atoms with Crippen molar-refractivity contribution in [1.29, 1.82) is 0 Å². The predicted molar refractivity (Wildman–Crippen MR) is 107 cm³/mol. The Kier molecular flexibility index (Phi) is 5.80. The molecule has 0 unspecified atom stereocenters. The van der Waals surface area contributed by atoms with E-state index >= 15 is 0 Å².